The minimum Gasteiger partial charge on any atom is -0.395 e. The maximum atomic E-state index is 14.0. The Bertz CT molecular complexity index is 1500. The lowest BCUT2D eigenvalue weighted by Crippen LogP contribution is -2.46. The van der Waals surface area contributed by atoms with Crippen molar-refractivity contribution in [3.63, 3.8) is 0 Å². The van der Waals surface area contributed by atoms with Gasteiger partial charge >= 0.3 is 6.18 Å². The summed E-state index contributed by atoms with van der Waals surface area (Å²) in [6.45, 7) is 5.21. The Labute approximate surface area is 236 Å². The maximum Gasteiger partial charge on any atom is 0.416 e. The van der Waals surface area contributed by atoms with E-state index >= 15 is 0 Å². The van der Waals surface area contributed by atoms with Gasteiger partial charge in [0.1, 0.15) is 5.69 Å². The van der Waals surface area contributed by atoms with Crippen LogP contribution in [-0.4, -0.2) is 75.5 Å². The van der Waals surface area contributed by atoms with Crippen LogP contribution < -0.4 is 5.73 Å². The van der Waals surface area contributed by atoms with Crippen LogP contribution >= 0.6 is 0 Å². The van der Waals surface area contributed by atoms with Crippen LogP contribution in [0, 0.1) is 18.8 Å². The third-order valence-electron chi connectivity index (χ3n) is 7.21. The normalized spacial score (nSPS) is 14.5. The van der Waals surface area contributed by atoms with Crippen molar-refractivity contribution < 1.29 is 27.9 Å². The highest BCUT2D eigenvalue weighted by atomic mass is 19.4. The monoisotopic (exact) mass is 567 g/mol. The summed E-state index contributed by atoms with van der Waals surface area (Å²) in [6.07, 6.45) is -3.32. The molecule has 1 saturated heterocycles. The number of carbonyl (C=O) groups excluding carboxylic acids is 2. The molecule has 0 bridgehead atoms. The molecule has 0 spiro atoms. The summed E-state index contributed by atoms with van der Waals surface area (Å²) in [4.78, 5) is 32.5. The minimum absolute atomic E-state index is 0.0557. The van der Waals surface area contributed by atoms with E-state index < -0.39 is 17.6 Å². The summed E-state index contributed by atoms with van der Waals surface area (Å²) in [5.41, 5.74) is 7.19. The quantitative estimate of drug-likeness (QED) is 0.321. The molecule has 0 unspecified atom stereocenters. The third kappa shape index (κ3) is 7.41. The highest BCUT2D eigenvalue weighted by molar-refractivity contribution is 5.98. The molecule has 1 aliphatic rings. The lowest BCUT2D eigenvalue weighted by molar-refractivity contribution is -0.138. The first kappa shape index (κ1) is 30.0. The Kier molecular flexibility index (Phi) is 9.28. The molecule has 0 saturated carbocycles. The second-order valence-electron chi connectivity index (χ2n) is 10.1. The first-order valence-corrected chi connectivity index (χ1v) is 13.2. The Morgan fingerprint density at radius 1 is 1.05 bits per heavy atom. The molecule has 2 heterocycles. The number of aromatic nitrogens is 2. The molecule has 2 aromatic carbocycles. The number of aliphatic hydroxyl groups is 1. The number of benzene rings is 2. The van der Waals surface area contributed by atoms with Gasteiger partial charge in [-0.1, -0.05) is 30.2 Å². The number of primary amides is 1. The SMILES string of the molecule is Cc1ccc(C(=O)Cc2ccc(CN3CCN(CCO)CC3)c(C(F)(F)F)c2)cc1C#Cc1cnc(C(N)=O)n1C. The molecular formula is C30H32F3N5O3. The fourth-order valence-corrected chi connectivity index (χ4v) is 4.79. The number of β-amino-alcohol motifs (C(OH)–C–C–N with tert-alkyl or cyclic N) is 1. The van der Waals surface area contributed by atoms with Crippen LogP contribution in [0.4, 0.5) is 13.2 Å². The standard InChI is InChI=1S/C30H32F3N5O3/c1-20-3-5-23(17-22(20)7-8-25-18-35-29(28(34)41)36(25)2)27(40)16-21-4-6-24(26(15-21)30(31,32)33)19-38-11-9-37(10-12-38)13-14-39/h3-6,15,17-18,39H,9-14,16,19H2,1-2H3,(H2,34,41). The van der Waals surface area contributed by atoms with Gasteiger partial charge in [-0.3, -0.25) is 19.4 Å². The summed E-state index contributed by atoms with van der Waals surface area (Å²) in [7, 11) is 1.61. The van der Waals surface area contributed by atoms with E-state index in [0.29, 0.717) is 49.5 Å². The predicted molar refractivity (Wildman–Crippen MR) is 147 cm³/mol. The van der Waals surface area contributed by atoms with E-state index in [1.165, 1.54) is 16.8 Å². The van der Waals surface area contributed by atoms with Gasteiger partial charge in [0.05, 0.1) is 18.4 Å². The van der Waals surface area contributed by atoms with Crippen molar-refractivity contribution in [2.24, 2.45) is 12.8 Å². The van der Waals surface area contributed by atoms with Gasteiger partial charge in [-0.05, 0) is 41.7 Å². The molecule has 1 aromatic heterocycles. The second kappa shape index (κ2) is 12.7. The van der Waals surface area contributed by atoms with Crippen molar-refractivity contribution >= 4 is 11.7 Å². The molecule has 4 rings (SSSR count). The van der Waals surface area contributed by atoms with Crippen LogP contribution in [0.15, 0.2) is 42.6 Å². The van der Waals surface area contributed by atoms with Crippen molar-refractivity contribution in [2.45, 2.75) is 26.1 Å². The number of hydrogen-bond donors (Lipinski definition) is 2. The van der Waals surface area contributed by atoms with Crippen LogP contribution in [0.5, 0.6) is 0 Å². The van der Waals surface area contributed by atoms with Gasteiger partial charge < -0.3 is 15.4 Å². The molecule has 11 heteroatoms. The maximum absolute atomic E-state index is 14.0. The van der Waals surface area contributed by atoms with E-state index in [9.17, 15) is 22.8 Å². The van der Waals surface area contributed by atoms with E-state index in [1.807, 2.05) is 11.8 Å². The molecule has 216 valence electrons. The van der Waals surface area contributed by atoms with E-state index in [2.05, 4.69) is 21.7 Å². The van der Waals surface area contributed by atoms with E-state index in [4.69, 9.17) is 10.8 Å². The summed E-state index contributed by atoms with van der Waals surface area (Å²) >= 11 is 0. The number of Topliss-reactive ketones (excluding diaryl/α,β-unsaturated/α-hetero) is 1. The van der Waals surface area contributed by atoms with Crippen molar-refractivity contribution in [1.29, 1.82) is 0 Å². The molecule has 3 N–H and O–H groups in total. The first-order chi connectivity index (χ1) is 19.5. The molecule has 0 radical (unpaired) electrons. The average Bonchev–Trinajstić information content (AvgIpc) is 3.30. The van der Waals surface area contributed by atoms with Crippen molar-refractivity contribution in [3.8, 4) is 11.8 Å². The van der Waals surface area contributed by atoms with Gasteiger partial charge in [0.2, 0.25) is 0 Å². The number of aliphatic hydroxyl groups excluding tert-OH is 1. The van der Waals surface area contributed by atoms with Crippen LogP contribution in [0.25, 0.3) is 0 Å². The van der Waals surface area contributed by atoms with Crippen LogP contribution in [0.1, 0.15) is 54.5 Å². The van der Waals surface area contributed by atoms with Gasteiger partial charge in [-0.2, -0.15) is 13.2 Å². The van der Waals surface area contributed by atoms with Crippen LogP contribution in [-0.2, 0) is 26.2 Å². The van der Waals surface area contributed by atoms with Gasteiger partial charge in [0, 0.05) is 63.9 Å². The third-order valence-corrected chi connectivity index (χ3v) is 7.21. The van der Waals surface area contributed by atoms with E-state index in [0.717, 1.165) is 11.6 Å². The second-order valence-corrected chi connectivity index (χ2v) is 10.1. The topological polar surface area (TPSA) is 105 Å². The largest absolute Gasteiger partial charge is 0.416 e. The summed E-state index contributed by atoms with van der Waals surface area (Å²) in [6, 6.07) is 9.10. The zero-order valence-corrected chi connectivity index (χ0v) is 23.0. The smallest absolute Gasteiger partial charge is 0.395 e. The number of rotatable bonds is 8. The van der Waals surface area contributed by atoms with Crippen molar-refractivity contribution in [3.05, 3.63) is 87.5 Å². The van der Waals surface area contributed by atoms with Gasteiger partial charge in [0.15, 0.2) is 11.6 Å². The van der Waals surface area contributed by atoms with Crippen LogP contribution in [0.3, 0.4) is 0 Å². The predicted octanol–water partition coefficient (Wildman–Crippen LogP) is 2.78. The van der Waals surface area contributed by atoms with Gasteiger partial charge in [-0.25, -0.2) is 4.98 Å². The zero-order valence-electron chi connectivity index (χ0n) is 23.0. The van der Waals surface area contributed by atoms with E-state index in [1.54, 1.807) is 31.3 Å². The Hall–Kier alpha value is -3.98. The minimum atomic E-state index is -4.56. The number of amides is 1. The zero-order chi connectivity index (χ0) is 29.7. The highest BCUT2D eigenvalue weighted by Crippen LogP contribution is 2.34. The molecular weight excluding hydrogens is 535 g/mol. The van der Waals surface area contributed by atoms with Crippen molar-refractivity contribution in [2.75, 3.05) is 39.3 Å². The molecule has 0 aliphatic carbocycles. The Morgan fingerprint density at radius 2 is 1.76 bits per heavy atom. The molecule has 1 fully saturated rings. The number of imidazole rings is 1. The number of hydrogen-bond acceptors (Lipinski definition) is 6. The lowest BCUT2D eigenvalue weighted by Gasteiger charge is -2.34. The number of alkyl halides is 3. The molecule has 8 nitrogen and oxygen atoms in total. The van der Waals surface area contributed by atoms with E-state index in [-0.39, 0.29) is 42.3 Å². The summed E-state index contributed by atoms with van der Waals surface area (Å²) < 4.78 is 43.5. The molecule has 0 atom stereocenters. The van der Waals surface area contributed by atoms with Crippen molar-refractivity contribution in [1.82, 2.24) is 19.4 Å². The highest BCUT2D eigenvalue weighted by Gasteiger charge is 2.34. The first-order valence-electron chi connectivity index (χ1n) is 13.2. The number of nitrogens with two attached hydrogens (primary N) is 1. The fourth-order valence-electron chi connectivity index (χ4n) is 4.79. The Balaban J connectivity index is 1.50. The van der Waals surface area contributed by atoms with Gasteiger partial charge in [-0.15, -0.1) is 0 Å². The number of aryl methyl sites for hydroxylation is 1. The number of carbonyl (C=O) groups is 2. The van der Waals surface area contributed by atoms with Gasteiger partial charge in [0.25, 0.3) is 5.91 Å². The number of ketones is 1. The molecule has 3 aromatic rings. The lowest BCUT2D eigenvalue weighted by atomic mass is 9.96. The number of halogens is 3. The molecule has 1 amide bonds. The average molecular weight is 568 g/mol. The fraction of sp³-hybridized carbons (Fsp3) is 0.367. The summed E-state index contributed by atoms with van der Waals surface area (Å²) in [5.74, 6) is 4.97. The number of piperazine rings is 1. The molecule has 41 heavy (non-hydrogen) atoms. The molecule has 1 aliphatic heterocycles. The summed E-state index contributed by atoms with van der Waals surface area (Å²) in [5, 5.41) is 9.10. The number of nitrogens with zero attached hydrogens (tertiary/aromatic N) is 4. The Morgan fingerprint density at radius 3 is 2.39 bits per heavy atom. The van der Waals surface area contributed by atoms with Crippen LogP contribution in [0.2, 0.25) is 0 Å².